The smallest absolute Gasteiger partial charge is 1.00 e. The van der Waals surface area contributed by atoms with Crippen LogP contribution >= 0.6 is 12.4 Å². The van der Waals surface area contributed by atoms with Crippen molar-refractivity contribution in [2.45, 2.75) is 207 Å². The zero-order valence-electron chi connectivity index (χ0n) is 72.6. The van der Waals surface area contributed by atoms with E-state index in [-0.39, 0.29) is 129 Å². The van der Waals surface area contributed by atoms with Crippen molar-refractivity contribution in [3.63, 3.8) is 0 Å². The molecule has 6 aromatic heterocycles. The Morgan fingerprint density at radius 1 is 0.492 bits per heavy atom. The van der Waals surface area contributed by atoms with Gasteiger partial charge in [-0.3, -0.25) is 9.59 Å². The van der Waals surface area contributed by atoms with Crippen LogP contribution in [0.25, 0.3) is 33.1 Å². The van der Waals surface area contributed by atoms with Crippen LogP contribution in [0.1, 0.15) is 202 Å². The van der Waals surface area contributed by atoms with Crippen LogP contribution in [0, 0.1) is 0 Å². The summed E-state index contributed by atoms with van der Waals surface area (Å²) in [4.78, 5) is 117. The zero-order valence-corrected chi connectivity index (χ0v) is 75.5. The number of carbonyl (C=O) groups excluding carboxylic acids is 5. The SMILES string of the molecule is CCCC[C@](C)(CCC(C)=O)Nc1nc(N)nc2cc(C(=O)N3CC(OC)C3)cnc12.CCCC[C@](C)(CCC(C)=O)Nc1nc(NCc2ccc(OC)cc2OC)nc2cc(C(=O)N3CC(OC)C3)cnc12.CCCC[C@](C)(CCC(C)=O)Nc1nc(NCc2ccc(OC)cc2OC)nc2cc(C(=O)O)cnc12.COC1CNC1.Cl.[H-].[K+]. The molecule has 9 heterocycles. The van der Waals surface area contributed by atoms with Gasteiger partial charge in [0.05, 0.1) is 80.0 Å². The predicted molar refractivity (Wildman–Crippen MR) is 457 cm³/mol. The normalized spacial score (nSPS) is 14.6. The molecule has 9 N–H and O–H groups in total. The number of Topliss-reactive ketones (excluding diaryl/α,β-unsaturated/α-hetero) is 3. The van der Waals surface area contributed by atoms with Crippen LogP contribution in [0.4, 0.5) is 35.3 Å². The first-order valence-electron chi connectivity index (χ1n) is 39.7. The van der Waals surface area contributed by atoms with Gasteiger partial charge in [0.25, 0.3) is 11.8 Å². The number of unbranched alkanes of at least 4 members (excludes halogenated alkanes) is 3. The van der Waals surface area contributed by atoms with E-state index in [0.29, 0.717) is 180 Å². The molecule has 3 fully saturated rings. The van der Waals surface area contributed by atoms with E-state index in [1.54, 1.807) is 111 Å². The summed E-state index contributed by atoms with van der Waals surface area (Å²) in [5, 5.41) is 29.7. The Morgan fingerprint density at radius 2 is 0.839 bits per heavy atom. The molecule has 0 radical (unpaired) electrons. The van der Waals surface area contributed by atoms with Gasteiger partial charge in [0.1, 0.15) is 56.9 Å². The number of aromatic carboxylic acids is 1. The third-order valence-corrected chi connectivity index (χ3v) is 20.8. The summed E-state index contributed by atoms with van der Waals surface area (Å²) in [6.07, 6.45) is 17.1. The molecule has 3 aliphatic heterocycles. The molecule has 11 rings (SSSR count). The summed E-state index contributed by atoms with van der Waals surface area (Å²) >= 11 is 0. The molecule has 2 amide bonds. The van der Waals surface area contributed by atoms with Gasteiger partial charge in [-0.2, -0.15) is 15.0 Å². The molecule has 3 aliphatic rings. The number of anilines is 6. The predicted octanol–water partition coefficient (Wildman–Crippen LogP) is 9.89. The number of rotatable bonds is 40. The minimum atomic E-state index is -1.09. The summed E-state index contributed by atoms with van der Waals surface area (Å²) < 4.78 is 37.1. The third-order valence-electron chi connectivity index (χ3n) is 20.8. The fraction of sp³-hybridized carbons (Fsp3) is 0.536. The van der Waals surface area contributed by atoms with Gasteiger partial charge in [-0.15, -0.1) is 12.4 Å². The van der Waals surface area contributed by atoms with Crippen LogP contribution in [0.2, 0.25) is 0 Å². The average molecular weight is 1680 g/mol. The van der Waals surface area contributed by atoms with E-state index < -0.39 is 11.5 Å². The maximum absolute atomic E-state index is 13.1. The van der Waals surface area contributed by atoms with E-state index in [2.05, 4.69) is 103 Å². The van der Waals surface area contributed by atoms with Crippen molar-refractivity contribution in [2.75, 3.05) is 121 Å². The van der Waals surface area contributed by atoms with Crippen LogP contribution in [0.5, 0.6) is 23.0 Å². The van der Waals surface area contributed by atoms with Crippen molar-refractivity contribution in [1.29, 1.82) is 0 Å². The molecule has 0 bridgehead atoms. The Labute approximate surface area is 742 Å². The van der Waals surface area contributed by atoms with Gasteiger partial charge in [-0.1, -0.05) is 59.3 Å². The van der Waals surface area contributed by atoms with Crippen LogP contribution in [-0.4, -0.2) is 219 Å². The second kappa shape index (κ2) is 47.2. The van der Waals surface area contributed by atoms with Gasteiger partial charge in [-0.05, 0) is 123 Å². The molecule has 3 atom stereocenters. The number of likely N-dealkylation sites (tertiary alicyclic amines) is 2. The fourth-order valence-electron chi connectivity index (χ4n) is 13.2. The Morgan fingerprint density at radius 3 is 1.14 bits per heavy atom. The number of carbonyl (C=O) groups is 6. The number of carboxylic acid groups (broad SMARTS) is 1. The van der Waals surface area contributed by atoms with E-state index in [1.807, 2.05) is 30.3 Å². The number of nitrogens with one attached hydrogen (secondary N) is 6. The van der Waals surface area contributed by atoms with E-state index in [9.17, 15) is 33.9 Å². The number of hydrogen-bond acceptors (Lipinski definition) is 29. The number of benzene rings is 2. The quantitative estimate of drug-likeness (QED) is 0.0165. The number of halogens is 1. The second-order valence-corrected chi connectivity index (χ2v) is 30.5. The van der Waals surface area contributed by atoms with Crippen molar-refractivity contribution < 1.29 is 120 Å². The van der Waals surface area contributed by atoms with Crippen molar-refractivity contribution in [1.82, 2.24) is 60.0 Å². The van der Waals surface area contributed by atoms with Crippen LogP contribution in [0.3, 0.4) is 0 Å². The molecule has 118 heavy (non-hydrogen) atoms. The molecule has 0 spiro atoms. The molecule has 2 aromatic carbocycles. The number of nitrogens with two attached hydrogens (primary N) is 1. The number of methoxy groups -OCH3 is 7. The maximum atomic E-state index is 13.1. The van der Waals surface area contributed by atoms with Crippen LogP contribution in [0.15, 0.2) is 73.2 Å². The van der Waals surface area contributed by atoms with Crippen LogP contribution in [-0.2, 0) is 41.7 Å². The van der Waals surface area contributed by atoms with Crippen molar-refractivity contribution in [3.05, 3.63) is 101 Å². The Bertz CT molecular complexity index is 4680. The topological polar surface area (TPSA) is 408 Å². The second-order valence-electron chi connectivity index (χ2n) is 30.5. The molecular weight excluding hydrogens is 1560 g/mol. The summed E-state index contributed by atoms with van der Waals surface area (Å²) in [5.74, 6) is 4.15. The standard InChI is InChI=1S/C31H42N6O5.C27H35N5O5.C22H32N6O3.C4H9NO.ClH.K.H/c1-7-8-12-31(3,13-11-20(2)38)36-28-27-25(14-22(17-32-27)29(39)37-18-24(19-37)41-5)34-30(35-28)33-16-21-9-10-23(40-4)15-26(21)42-6;1-6-7-11-27(3,12-10-17(2)33)32-24-23-21(13-19(16-28-23)25(34)35)30-26(31-24)29-15-18-8-9-20(36-4)14-22(18)37-5;1-5-6-8-22(3,9-7-14(2)29)27-19-18-17(25-21(23)26-19)10-15(11-24-18)20(30)28-12-16(13-28)31-4;1-6-4-2-5-3-4;;;/h9-10,14-15,17,24H,7-8,11-13,16,18-19H2,1-6H3,(H2,33,34,35,36);8-9,13-14,16H,6-7,10-12,15H2,1-5H3,(H,34,35)(H2,29,30,31,32);10-11,16H,5-9,12-13H2,1-4H3,(H3,23,25,26,27);4-5H,2-3H2,1H3;1H;;/q;;;;;+1;-1/t31-;27-;22-;;;;/m111..../s1. The number of amides is 2. The van der Waals surface area contributed by atoms with Crippen molar-refractivity contribution in [3.8, 4) is 23.0 Å². The van der Waals surface area contributed by atoms with Crippen LogP contribution < -0.4 is 108 Å². The Hall–Kier alpha value is -8.90. The first-order chi connectivity index (χ1) is 55.5. The summed E-state index contributed by atoms with van der Waals surface area (Å²) in [7, 11) is 11.4. The number of fused-ring (bicyclic) bond motifs is 3. The number of ether oxygens (including phenoxy) is 7. The van der Waals surface area contributed by atoms with E-state index in [4.69, 9.17) is 53.8 Å². The van der Waals surface area contributed by atoms with Gasteiger partial charge in [0.2, 0.25) is 17.8 Å². The number of nitrogen functional groups attached to an aromatic ring is 1. The Balaban J connectivity index is 0.000000305. The summed E-state index contributed by atoms with van der Waals surface area (Å²) in [5.41, 5.74) is 10.6. The molecular formula is C84H120ClKN18O14. The number of ketones is 3. The number of pyridine rings is 3. The summed E-state index contributed by atoms with van der Waals surface area (Å²) in [6, 6.07) is 16.1. The fourth-order valence-corrected chi connectivity index (χ4v) is 13.2. The van der Waals surface area contributed by atoms with E-state index >= 15 is 0 Å². The minimum absolute atomic E-state index is 0. The molecule has 0 unspecified atom stereocenters. The first-order valence-corrected chi connectivity index (χ1v) is 39.7. The van der Waals surface area contributed by atoms with E-state index in [0.717, 1.165) is 82.0 Å². The van der Waals surface area contributed by atoms with Crippen molar-refractivity contribution >= 4 is 116 Å². The minimum Gasteiger partial charge on any atom is -1.00 e. The first kappa shape index (κ1) is 97.9. The number of carboxylic acids is 1. The number of hydrogen-bond donors (Lipinski definition) is 8. The molecule has 3 saturated heterocycles. The molecule has 0 saturated carbocycles. The van der Waals surface area contributed by atoms with Gasteiger partial charge in [0, 0.05) is 151 Å². The molecule has 0 aliphatic carbocycles. The van der Waals surface area contributed by atoms with Crippen molar-refractivity contribution in [2.24, 2.45) is 0 Å². The van der Waals surface area contributed by atoms with Gasteiger partial charge in [-0.25, -0.2) is 34.7 Å². The zero-order chi connectivity index (χ0) is 84.3. The molecule has 8 aromatic rings. The van der Waals surface area contributed by atoms with Gasteiger partial charge >= 0.3 is 57.4 Å². The molecule has 34 heteroatoms. The number of aromatic nitrogens is 9. The monoisotopic (exact) mass is 1680 g/mol. The molecule has 32 nitrogen and oxygen atoms in total. The largest absolute Gasteiger partial charge is 1.00 e. The van der Waals surface area contributed by atoms with E-state index in [1.165, 1.54) is 12.3 Å². The van der Waals surface area contributed by atoms with Gasteiger partial charge < -0.3 is 102 Å². The number of nitrogens with zero attached hydrogens (tertiary/aromatic N) is 11. The molecule has 638 valence electrons. The van der Waals surface area contributed by atoms with Gasteiger partial charge in [0.15, 0.2) is 17.5 Å². The Kier molecular flexibility index (Phi) is 39.2. The average Bonchev–Trinajstić information content (AvgIpc) is 0.783. The maximum Gasteiger partial charge on any atom is 1.00 e. The third kappa shape index (κ3) is 28.4. The summed E-state index contributed by atoms with van der Waals surface area (Å²) in [6.45, 7) is 22.5.